The van der Waals surface area contributed by atoms with Crippen LogP contribution in [0.5, 0.6) is 5.75 Å². The van der Waals surface area contributed by atoms with Crippen LogP contribution in [0.3, 0.4) is 0 Å². The minimum atomic E-state index is -0.684. The Morgan fingerprint density at radius 3 is 2.28 bits per heavy atom. The second-order valence-electron chi connectivity index (χ2n) is 4.98. The summed E-state index contributed by atoms with van der Waals surface area (Å²) in [4.78, 5) is 23.2. The summed E-state index contributed by atoms with van der Waals surface area (Å²) in [5.74, 6) is -0.726. The van der Waals surface area contributed by atoms with Gasteiger partial charge in [-0.2, -0.15) is 0 Å². The van der Waals surface area contributed by atoms with Crippen molar-refractivity contribution in [3.05, 3.63) is 60.3 Å². The van der Waals surface area contributed by atoms with Gasteiger partial charge in [-0.3, -0.25) is 0 Å². The van der Waals surface area contributed by atoms with Crippen molar-refractivity contribution in [3.63, 3.8) is 0 Å². The molecule has 2 aromatic rings. The van der Waals surface area contributed by atoms with Gasteiger partial charge < -0.3 is 19.5 Å². The molecule has 0 saturated heterocycles. The lowest BCUT2D eigenvalue weighted by Crippen LogP contribution is -2.15. The molecule has 0 amide bonds. The summed E-state index contributed by atoms with van der Waals surface area (Å²) >= 11 is 0. The summed E-state index contributed by atoms with van der Waals surface area (Å²) in [5, 5.41) is 2.85. The molecule has 0 atom stereocenters. The van der Waals surface area contributed by atoms with Crippen molar-refractivity contribution in [2.75, 3.05) is 26.6 Å². The van der Waals surface area contributed by atoms with Crippen molar-refractivity contribution in [2.45, 2.75) is 0 Å². The highest BCUT2D eigenvalue weighted by Gasteiger charge is 2.14. The maximum atomic E-state index is 11.8. The van der Waals surface area contributed by atoms with Gasteiger partial charge in [-0.05, 0) is 17.7 Å². The molecule has 0 heterocycles. The average molecular weight is 341 g/mol. The molecule has 2 rings (SSSR count). The minimum absolute atomic E-state index is 0.0381. The molecule has 130 valence electrons. The van der Waals surface area contributed by atoms with E-state index in [-0.39, 0.29) is 5.70 Å². The van der Waals surface area contributed by atoms with Gasteiger partial charge in [0, 0.05) is 17.3 Å². The zero-order chi connectivity index (χ0) is 18.2. The Kier molecular flexibility index (Phi) is 6.17. The van der Waals surface area contributed by atoms with Crippen LogP contribution in [-0.4, -0.2) is 33.3 Å². The first kappa shape index (κ1) is 18.1. The third kappa shape index (κ3) is 4.60. The first-order chi connectivity index (χ1) is 12.1. The molecule has 25 heavy (non-hydrogen) atoms. The van der Waals surface area contributed by atoms with Crippen molar-refractivity contribution in [1.29, 1.82) is 0 Å². The quantitative estimate of drug-likeness (QED) is 0.643. The number of benzene rings is 2. The van der Waals surface area contributed by atoms with E-state index in [9.17, 15) is 9.59 Å². The van der Waals surface area contributed by atoms with E-state index < -0.39 is 11.9 Å². The SMILES string of the molecule is COC(=O)/C=C(/Nc1ccc(-c2ccccc2)c(OC)c1)C(=O)OC. The molecule has 0 aliphatic carbocycles. The summed E-state index contributed by atoms with van der Waals surface area (Å²) in [6.07, 6.45) is 1.03. The third-order valence-electron chi connectivity index (χ3n) is 3.43. The van der Waals surface area contributed by atoms with Crippen molar-refractivity contribution in [1.82, 2.24) is 0 Å². The number of nitrogens with one attached hydrogen (secondary N) is 1. The fourth-order valence-corrected chi connectivity index (χ4v) is 2.21. The number of ether oxygens (including phenoxy) is 3. The van der Waals surface area contributed by atoms with Crippen molar-refractivity contribution in [3.8, 4) is 16.9 Å². The molecule has 0 aromatic heterocycles. The highest BCUT2D eigenvalue weighted by molar-refractivity contribution is 5.98. The molecule has 6 heteroatoms. The molecule has 0 bridgehead atoms. The number of rotatable bonds is 6. The number of carbonyl (C=O) groups is 2. The van der Waals surface area contributed by atoms with Gasteiger partial charge >= 0.3 is 11.9 Å². The van der Waals surface area contributed by atoms with Crippen LogP contribution in [0.1, 0.15) is 0 Å². The molecule has 0 unspecified atom stereocenters. The Morgan fingerprint density at radius 1 is 0.960 bits per heavy atom. The van der Waals surface area contributed by atoms with Gasteiger partial charge in [0.2, 0.25) is 0 Å². The van der Waals surface area contributed by atoms with E-state index in [0.29, 0.717) is 11.4 Å². The van der Waals surface area contributed by atoms with Crippen molar-refractivity contribution in [2.24, 2.45) is 0 Å². The largest absolute Gasteiger partial charge is 0.496 e. The van der Waals surface area contributed by atoms with Crippen LogP contribution in [0.15, 0.2) is 60.3 Å². The zero-order valence-electron chi connectivity index (χ0n) is 14.2. The molecule has 0 saturated carbocycles. The van der Waals surface area contributed by atoms with E-state index in [1.165, 1.54) is 14.2 Å². The van der Waals surface area contributed by atoms with E-state index >= 15 is 0 Å². The highest BCUT2D eigenvalue weighted by atomic mass is 16.5. The first-order valence-corrected chi connectivity index (χ1v) is 7.47. The standard InChI is InChI=1S/C19H19NO5/c1-23-17-11-14(9-10-15(17)13-7-5-4-6-8-13)20-16(19(22)25-3)12-18(21)24-2/h4-12,20H,1-3H3/b16-12+. The van der Waals surface area contributed by atoms with Gasteiger partial charge in [0.25, 0.3) is 0 Å². The van der Waals surface area contributed by atoms with Crippen LogP contribution in [0.2, 0.25) is 0 Å². The summed E-state index contributed by atoms with van der Waals surface area (Å²) in [6.45, 7) is 0. The summed E-state index contributed by atoms with van der Waals surface area (Å²) in [6, 6.07) is 15.1. The maximum absolute atomic E-state index is 11.8. The lowest BCUT2D eigenvalue weighted by Gasteiger charge is -2.13. The third-order valence-corrected chi connectivity index (χ3v) is 3.43. The predicted molar refractivity (Wildman–Crippen MR) is 94.2 cm³/mol. The van der Waals surface area contributed by atoms with Gasteiger partial charge in [-0.1, -0.05) is 30.3 Å². The van der Waals surface area contributed by atoms with Gasteiger partial charge in [-0.15, -0.1) is 0 Å². The Morgan fingerprint density at radius 2 is 1.68 bits per heavy atom. The van der Waals surface area contributed by atoms with Crippen molar-refractivity contribution < 1.29 is 23.8 Å². The van der Waals surface area contributed by atoms with Gasteiger partial charge in [-0.25, -0.2) is 9.59 Å². The van der Waals surface area contributed by atoms with E-state index in [1.54, 1.807) is 19.2 Å². The van der Waals surface area contributed by atoms with Crippen molar-refractivity contribution >= 4 is 17.6 Å². The topological polar surface area (TPSA) is 73.9 Å². The highest BCUT2D eigenvalue weighted by Crippen LogP contribution is 2.32. The number of carbonyl (C=O) groups excluding carboxylic acids is 2. The number of hydrogen-bond acceptors (Lipinski definition) is 6. The fourth-order valence-electron chi connectivity index (χ4n) is 2.21. The van der Waals surface area contributed by atoms with Crippen LogP contribution < -0.4 is 10.1 Å². The molecule has 6 nitrogen and oxygen atoms in total. The van der Waals surface area contributed by atoms with E-state index in [1.807, 2.05) is 36.4 Å². The molecular formula is C19H19NO5. The maximum Gasteiger partial charge on any atom is 0.354 e. The Bertz CT molecular complexity index is 784. The number of esters is 2. The number of hydrogen-bond donors (Lipinski definition) is 1. The molecule has 2 aromatic carbocycles. The number of anilines is 1. The lowest BCUT2D eigenvalue weighted by atomic mass is 10.0. The second kappa shape index (κ2) is 8.54. The van der Waals surface area contributed by atoms with Crippen LogP contribution in [0.25, 0.3) is 11.1 Å². The minimum Gasteiger partial charge on any atom is -0.496 e. The van der Waals surface area contributed by atoms with Gasteiger partial charge in [0.15, 0.2) is 0 Å². The van der Waals surface area contributed by atoms with Gasteiger partial charge in [0.1, 0.15) is 11.4 Å². The van der Waals surface area contributed by atoms with E-state index in [2.05, 4.69) is 14.8 Å². The molecule has 0 fully saturated rings. The smallest absolute Gasteiger partial charge is 0.354 e. The summed E-state index contributed by atoms with van der Waals surface area (Å²) in [5.41, 5.74) is 2.44. The van der Waals surface area contributed by atoms with Crippen LogP contribution in [0, 0.1) is 0 Å². The zero-order valence-corrected chi connectivity index (χ0v) is 14.2. The predicted octanol–water partition coefficient (Wildman–Crippen LogP) is 3.00. The Labute approximate surface area is 146 Å². The normalized spacial score (nSPS) is 10.8. The fraction of sp³-hybridized carbons (Fsp3) is 0.158. The second-order valence-corrected chi connectivity index (χ2v) is 4.98. The molecule has 0 radical (unpaired) electrons. The van der Waals surface area contributed by atoms with Crippen LogP contribution in [0.4, 0.5) is 5.69 Å². The monoisotopic (exact) mass is 341 g/mol. The first-order valence-electron chi connectivity index (χ1n) is 7.47. The Balaban J connectivity index is 2.35. The van der Waals surface area contributed by atoms with Gasteiger partial charge in [0.05, 0.1) is 27.4 Å². The summed E-state index contributed by atoms with van der Waals surface area (Å²) in [7, 11) is 4.02. The molecule has 1 N–H and O–H groups in total. The lowest BCUT2D eigenvalue weighted by molar-refractivity contribution is -0.138. The molecule has 0 spiro atoms. The number of methoxy groups -OCH3 is 3. The van der Waals surface area contributed by atoms with E-state index in [4.69, 9.17) is 4.74 Å². The van der Waals surface area contributed by atoms with Crippen LogP contribution >= 0.6 is 0 Å². The molecule has 0 aliphatic rings. The average Bonchev–Trinajstić information content (AvgIpc) is 2.67. The van der Waals surface area contributed by atoms with Crippen LogP contribution in [-0.2, 0) is 19.1 Å². The Hall–Kier alpha value is -3.28. The summed E-state index contributed by atoms with van der Waals surface area (Å²) < 4.78 is 14.7. The molecular weight excluding hydrogens is 322 g/mol. The van der Waals surface area contributed by atoms with E-state index in [0.717, 1.165) is 17.2 Å². The molecule has 0 aliphatic heterocycles.